The fraction of sp³-hybridized carbons (Fsp3) is 0.841. The zero-order chi connectivity index (χ0) is 41.4. The summed E-state index contributed by atoms with van der Waals surface area (Å²) in [5, 5.41) is 8.86. The number of phosphoric acid groups is 1. The van der Waals surface area contributed by atoms with Gasteiger partial charge in [-0.3, -0.25) is 18.9 Å². The van der Waals surface area contributed by atoms with Gasteiger partial charge in [0.25, 0.3) is 7.82 Å². The van der Waals surface area contributed by atoms with Gasteiger partial charge in [0, 0.05) is 32.1 Å². The van der Waals surface area contributed by atoms with Crippen LogP contribution >= 0.6 is 7.82 Å². The lowest BCUT2D eigenvalue weighted by Crippen LogP contribution is -2.61. The average molecular weight is 812 g/mol. The average Bonchev–Trinajstić information content (AvgIpc) is 3.15. The van der Waals surface area contributed by atoms with Crippen LogP contribution in [-0.2, 0) is 37.5 Å². The highest BCUT2D eigenvalue weighted by Crippen LogP contribution is 2.38. The molecule has 0 aliphatic rings. The van der Waals surface area contributed by atoms with Crippen molar-refractivity contribution in [2.75, 3.05) is 19.8 Å². The molecule has 0 rings (SSSR count). The summed E-state index contributed by atoms with van der Waals surface area (Å²) in [6, 6.07) is -0.531. The van der Waals surface area contributed by atoms with Crippen molar-refractivity contribution in [3.63, 3.8) is 0 Å². The number of carbonyl (C=O) groups is 3. The van der Waals surface area contributed by atoms with Crippen LogP contribution in [0.3, 0.4) is 0 Å². The first kappa shape index (κ1) is 53.6. The minimum Gasteiger partial charge on any atom is -0.756 e. The van der Waals surface area contributed by atoms with E-state index in [1.807, 2.05) is 0 Å². The van der Waals surface area contributed by atoms with E-state index in [2.05, 4.69) is 17.6 Å². The van der Waals surface area contributed by atoms with Crippen LogP contribution in [0.25, 0.3) is 0 Å². The second-order valence-electron chi connectivity index (χ2n) is 15.2. The van der Waals surface area contributed by atoms with Gasteiger partial charge in [-0.25, -0.2) is 0 Å². The Morgan fingerprint density at radius 2 is 0.964 bits per heavy atom. The second-order valence-corrected chi connectivity index (χ2v) is 16.6. The zero-order valence-electron chi connectivity index (χ0n) is 34.8. The van der Waals surface area contributed by atoms with Gasteiger partial charge in [-0.2, -0.15) is 0 Å². The predicted molar refractivity (Wildman–Crippen MR) is 220 cm³/mol. The van der Waals surface area contributed by atoms with Gasteiger partial charge in [0.05, 0.1) is 25.7 Å². The van der Waals surface area contributed by atoms with E-state index < -0.39 is 44.5 Å². The maximum Gasteiger partial charge on any atom is 0.309 e. The number of carboxylic acids is 1. The molecule has 11 nitrogen and oxygen atoms in total. The molecule has 3 unspecified atom stereocenters. The molecule has 324 valence electrons. The molecule has 0 aromatic heterocycles. The molecule has 0 bridgehead atoms. The second kappa shape index (κ2) is 39.4. The molecule has 0 fully saturated rings. The van der Waals surface area contributed by atoms with Crippen LogP contribution in [0.15, 0.2) is 0 Å². The van der Waals surface area contributed by atoms with Crippen molar-refractivity contribution < 1.29 is 53.2 Å². The smallest absolute Gasteiger partial charge is 0.309 e. The van der Waals surface area contributed by atoms with Crippen LogP contribution in [0.5, 0.6) is 0 Å². The summed E-state index contributed by atoms with van der Waals surface area (Å²) >= 11 is 0. The maximum absolute atomic E-state index is 12.7. The molecule has 0 aromatic rings. The third kappa shape index (κ3) is 39.8. The molecular formula is C44H78NO10P. The third-order valence-corrected chi connectivity index (χ3v) is 10.8. The van der Waals surface area contributed by atoms with E-state index in [9.17, 15) is 23.8 Å². The number of aliphatic carboxylic acids is 1. The number of hydrogen-bond acceptors (Lipinski definition) is 9. The van der Waals surface area contributed by atoms with Crippen molar-refractivity contribution in [3.8, 4) is 24.7 Å². The Hall–Kier alpha value is -2.40. The summed E-state index contributed by atoms with van der Waals surface area (Å²) in [4.78, 5) is 48.3. The van der Waals surface area contributed by atoms with Crippen LogP contribution in [0.2, 0.25) is 0 Å². The van der Waals surface area contributed by atoms with Gasteiger partial charge in [0.15, 0.2) is 6.10 Å². The van der Waals surface area contributed by atoms with E-state index in [0.717, 1.165) is 64.2 Å². The first-order valence-corrected chi connectivity index (χ1v) is 23.4. The summed E-state index contributed by atoms with van der Waals surface area (Å²) in [5.41, 5.74) is 3.67. The number of phosphoric ester groups is 1. The van der Waals surface area contributed by atoms with E-state index in [-0.39, 0.29) is 38.9 Å². The topological polar surface area (TPSA) is 176 Å². The molecule has 0 aliphatic heterocycles. The van der Waals surface area contributed by atoms with Crippen LogP contribution < -0.4 is 10.6 Å². The Morgan fingerprint density at radius 1 is 0.589 bits per heavy atom. The van der Waals surface area contributed by atoms with Gasteiger partial charge < -0.3 is 34.3 Å². The number of esters is 2. The Balaban J connectivity index is 4.40. The highest BCUT2D eigenvalue weighted by molar-refractivity contribution is 7.45. The van der Waals surface area contributed by atoms with Crippen molar-refractivity contribution in [1.82, 2.24) is 0 Å². The first-order chi connectivity index (χ1) is 27.1. The molecule has 4 N–H and O–H groups in total. The van der Waals surface area contributed by atoms with Gasteiger partial charge in [-0.15, -0.1) is 24.7 Å². The van der Waals surface area contributed by atoms with Crippen LogP contribution in [0.1, 0.15) is 205 Å². The molecule has 0 radical (unpaired) electrons. The van der Waals surface area contributed by atoms with E-state index >= 15 is 0 Å². The standard InChI is InChI=1S/C44H78NO10P/c1-3-5-7-9-11-13-15-17-19-21-23-25-27-29-31-33-43(48)52-38-41(39-54-56(50,51)53-36-35-40(45)37-42(46)47)55-44(49)34-32-30-28-26-24-22-20-18-16-14-12-10-8-6-4-2/h1-2,40-41H,5-39,45H2,(H,46,47)(H,50,51). The molecular weight excluding hydrogens is 733 g/mol. The highest BCUT2D eigenvalue weighted by Gasteiger charge is 2.22. The molecule has 0 saturated heterocycles. The molecule has 56 heavy (non-hydrogen) atoms. The van der Waals surface area contributed by atoms with Crippen LogP contribution in [0.4, 0.5) is 0 Å². The molecule has 0 amide bonds. The Labute approximate surface area is 340 Å². The molecule has 0 spiro atoms. The van der Waals surface area contributed by atoms with Gasteiger partial charge in [-0.05, 0) is 25.7 Å². The summed E-state index contributed by atoms with van der Waals surface area (Å²) < 4.78 is 33.0. The number of carbonyl (C=O) groups excluding carboxylic acids is 2. The number of ether oxygens (including phenoxy) is 2. The summed E-state index contributed by atoms with van der Waals surface area (Å²) in [7, 11) is -4.80. The largest absolute Gasteiger partial charge is 0.756 e. The van der Waals surface area contributed by atoms with Crippen LogP contribution in [-0.4, -0.2) is 55.0 Å². The number of quaternary nitrogens is 1. The summed E-state index contributed by atoms with van der Waals surface area (Å²) in [5.74, 6) is 3.39. The number of rotatable bonds is 42. The fourth-order valence-electron chi connectivity index (χ4n) is 6.39. The maximum atomic E-state index is 12.7. The number of carboxylic acid groups (broad SMARTS) is 1. The van der Waals surface area contributed by atoms with E-state index in [4.69, 9.17) is 36.5 Å². The number of hydrogen-bond donors (Lipinski definition) is 2. The van der Waals surface area contributed by atoms with Gasteiger partial charge >= 0.3 is 17.9 Å². The van der Waals surface area contributed by atoms with Gasteiger partial charge in [0.2, 0.25) is 0 Å². The van der Waals surface area contributed by atoms with Crippen molar-refractivity contribution in [2.24, 2.45) is 0 Å². The van der Waals surface area contributed by atoms with Crippen molar-refractivity contribution in [2.45, 2.75) is 218 Å². The van der Waals surface area contributed by atoms with E-state index in [1.165, 1.54) is 103 Å². The number of terminal acetylenes is 2. The van der Waals surface area contributed by atoms with E-state index in [1.54, 1.807) is 0 Å². The first-order valence-electron chi connectivity index (χ1n) is 22.0. The fourth-order valence-corrected chi connectivity index (χ4v) is 7.15. The molecule has 0 saturated carbocycles. The Kier molecular flexibility index (Phi) is 37.7. The summed E-state index contributed by atoms with van der Waals surface area (Å²) in [6.07, 6.45) is 41.3. The van der Waals surface area contributed by atoms with Crippen molar-refractivity contribution >= 4 is 25.7 Å². The minimum absolute atomic E-state index is 0.0988. The third-order valence-electron chi connectivity index (χ3n) is 9.79. The highest BCUT2D eigenvalue weighted by atomic mass is 31.2. The molecule has 0 aromatic carbocycles. The summed E-state index contributed by atoms with van der Waals surface area (Å²) in [6.45, 7) is -1.20. The van der Waals surface area contributed by atoms with Crippen molar-refractivity contribution in [3.05, 3.63) is 0 Å². The van der Waals surface area contributed by atoms with Gasteiger partial charge in [0.1, 0.15) is 6.61 Å². The molecule has 12 heteroatoms. The molecule has 0 heterocycles. The SMILES string of the molecule is C#CCCCCCCCCCCCCCCCC(=O)OCC(COP(=O)([O-])OCCC([NH3+])CC(=O)O)OC(=O)CCCCCCCCCCCCCCCC#C. The monoisotopic (exact) mass is 812 g/mol. The Morgan fingerprint density at radius 3 is 1.36 bits per heavy atom. The lowest BCUT2D eigenvalue weighted by atomic mass is 10.0. The van der Waals surface area contributed by atoms with Crippen molar-refractivity contribution in [1.29, 1.82) is 0 Å². The zero-order valence-corrected chi connectivity index (χ0v) is 35.7. The van der Waals surface area contributed by atoms with Gasteiger partial charge in [-0.1, -0.05) is 141 Å². The quantitative estimate of drug-likeness (QED) is 0.0261. The number of unbranched alkanes of at least 4 members (excludes halogenated alkanes) is 26. The predicted octanol–water partition coefficient (Wildman–Crippen LogP) is 9.39. The lowest BCUT2D eigenvalue weighted by molar-refractivity contribution is -0.421. The molecule has 3 atom stereocenters. The normalized spacial score (nSPS) is 13.3. The lowest BCUT2D eigenvalue weighted by Gasteiger charge is -2.25. The Bertz CT molecular complexity index is 1100. The molecule has 0 aliphatic carbocycles. The van der Waals surface area contributed by atoms with E-state index in [0.29, 0.717) is 12.8 Å². The minimum atomic E-state index is -4.80. The van der Waals surface area contributed by atoms with Crippen LogP contribution in [0, 0.1) is 24.7 Å².